The number of thiophene rings is 1. The second-order valence-electron chi connectivity index (χ2n) is 8.56. The Balaban J connectivity index is 1.28. The number of rotatable bonds is 3. The van der Waals surface area contributed by atoms with Crippen molar-refractivity contribution >= 4 is 39.1 Å². The van der Waals surface area contributed by atoms with Gasteiger partial charge >= 0.3 is 6.03 Å². The lowest BCUT2D eigenvalue weighted by molar-refractivity contribution is 0.146. The van der Waals surface area contributed by atoms with Crippen molar-refractivity contribution in [3.05, 3.63) is 48.1 Å². The smallest absolute Gasteiger partial charge is 0.322 e. The third-order valence-electron chi connectivity index (χ3n) is 6.69. The van der Waals surface area contributed by atoms with E-state index in [2.05, 4.69) is 36.5 Å². The first-order chi connectivity index (χ1) is 15.3. The van der Waals surface area contributed by atoms with Gasteiger partial charge in [-0.25, -0.2) is 14.8 Å². The predicted molar refractivity (Wildman–Crippen MR) is 127 cm³/mol. The topological polar surface area (TPSA) is 61.4 Å². The minimum absolute atomic E-state index is 0.0524. The first kappa shape index (κ1) is 20.2. The van der Waals surface area contributed by atoms with E-state index in [4.69, 9.17) is 0 Å². The summed E-state index contributed by atoms with van der Waals surface area (Å²) in [4.78, 5) is 26.7. The molecule has 7 heteroatoms. The maximum absolute atomic E-state index is 13.2. The Morgan fingerprint density at radius 3 is 2.65 bits per heavy atom. The van der Waals surface area contributed by atoms with Crippen molar-refractivity contribution in [2.24, 2.45) is 5.92 Å². The van der Waals surface area contributed by atoms with Crippen LogP contribution in [-0.2, 0) is 0 Å². The lowest BCUT2D eigenvalue weighted by Gasteiger charge is -2.41. The quantitative estimate of drug-likeness (QED) is 0.600. The van der Waals surface area contributed by atoms with E-state index in [0.29, 0.717) is 12.0 Å². The second kappa shape index (κ2) is 9.22. The van der Waals surface area contributed by atoms with Gasteiger partial charge in [0.15, 0.2) is 0 Å². The second-order valence-corrected chi connectivity index (χ2v) is 9.48. The van der Waals surface area contributed by atoms with Crippen LogP contribution in [0.1, 0.15) is 38.5 Å². The molecule has 5 rings (SSSR count). The van der Waals surface area contributed by atoms with Crippen molar-refractivity contribution in [1.82, 2.24) is 14.9 Å². The van der Waals surface area contributed by atoms with Gasteiger partial charge in [0.2, 0.25) is 0 Å². The fourth-order valence-corrected chi connectivity index (χ4v) is 5.95. The van der Waals surface area contributed by atoms with Crippen LogP contribution in [-0.4, -0.2) is 46.6 Å². The number of likely N-dealkylation sites (tertiary alicyclic amines) is 1. The molecule has 0 unspecified atom stereocenters. The minimum Gasteiger partial charge on any atom is -0.355 e. The fourth-order valence-electron chi connectivity index (χ4n) is 5.09. The number of hydrogen-bond acceptors (Lipinski definition) is 5. The van der Waals surface area contributed by atoms with Crippen molar-refractivity contribution in [2.75, 3.05) is 29.9 Å². The van der Waals surface area contributed by atoms with Gasteiger partial charge in [0.05, 0.1) is 10.2 Å². The number of nitrogens with zero attached hydrogens (tertiary/aromatic N) is 4. The van der Waals surface area contributed by atoms with E-state index < -0.39 is 0 Å². The van der Waals surface area contributed by atoms with E-state index >= 15 is 0 Å². The molecule has 2 aromatic heterocycles. The van der Waals surface area contributed by atoms with Crippen molar-refractivity contribution in [1.29, 1.82) is 0 Å². The Morgan fingerprint density at radius 1 is 0.968 bits per heavy atom. The third-order valence-corrected chi connectivity index (χ3v) is 7.59. The van der Waals surface area contributed by atoms with E-state index in [1.807, 2.05) is 30.3 Å². The highest BCUT2D eigenvalue weighted by Gasteiger charge is 2.34. The molecule has 1 aromatic carbocycles. The molecule has 2 aliphatic heterocycles. The van der Waals surface area contributed by atoms with Gasteiger partial charge in [0, 0.05) is 31.4 Å². The maximum atomic E-state index is 13.2. The Bertz CT molecular complexity index is 1010. The van der Waals surface area contributed by atoms with E-state index in [1.54, 1.807) is 17.7 Å². The molecule has 6 nitrogen and oxygen atoms in total. The molecule has 0 radical (unpaired) electrons. The minimum atomic E-state index is 0.0524. The molecular formula is C24H29N5OS. The van der Waals surface area contributed by atoms with Gasteiger partial charge in [-0.15, -0.1) is 11.3 Å². The van der Waals surface area contributed by atoms with E-state index in [9.17, 15) is 4.79 Å². The third kappa shape index (κ3) is 4.37. The number of nitrogens with one attached hydrogen (secondary N) is 1. The molecule has 2 saturated heterocycles. The van der Waals surface area contributed by atoms with Crippen molar-refractivity contribution in [3.63, 3.8) is 0 Å². The van der Waals surface area contributed by atoms with E-state index in [0.717, 1.165) is 62.3 Å². The fraction of sp³-hybridized carbons (Fsp3) is 0.458. The summed E-state index contributed by atoms with van der Waals surface area (Å²) < 4.78 is 1.18. The summed E-state index contributed by atoms with van der Waals surface area (Å²) >= 11 is 1.72. The molecule has 0 bridgehead atoms. The number of fused-ring (bicyclic) bond motifs is 1. The molecule has 0 spiro atoms. The summed E-state index contributed by atoms with van der Waals surface area (Å²) in [6.45, 7) is 2.82. The molecule has 31 heavy (non-hydrogen) atoms. The molecule has 0 aliphatic carbocycles. The number of aromatic nitrogens is 2. The SMILES string of the molecule is O=C(Nc1ccccc1)N1CCCCC[C@@H]1C1CCN(c2ncnc3ccsc23)CC1. The number of carbonyl (C=O) groups excluding carboxylic acids is 1. The molecular weight excluding hydrogens is 406 g/mol. The van der Waals surface area contributed by atoms with Crippen molar-refractivity contribution in [2.45, 2.75) is 44.6 Å². The zero-order valence-electron chi connectivity index (χ0n) is 17.7. The van der Waals surface area contributed by atoms with Crippen LogP contribution in [0.15, 0.2) is 48.1 Å². The Morgan fingerprint density at radius 2 is 1.81 bits per heavy atom. The molecule has 162 valence electrons. The van der Waals surface area contributed by atoms with Crippen LogP contribution in [0.5, 0.6) is 0 Å². The number of piperidine rings is 1. The summed E-state index contributed by atoms with van der Waals surface area (Å²) in [7, 11) is 0. The predicted octanol–water partition coefficient (Wildman–Crippen LogP) is 5.38. The standard InChI is InChI=1S/C24H29N5OS/c30-24(27-19-7-3-1-4-8-19)29-13-6-2-5-9-21(29)18-10-14-28(15-11-18)23-22-20(12-16-31-22)25-17-26-23/h1,3-4,7-8,12,16-18,21H,2,5-6,9-11,13-15H2,(H,27,30)/t21-/m1/s1. The number of amides is 2. The van der Waals surface area contributed by atoms with Crippen LogP contribution in [0.2, 0.25) is 0 Å². The summed E-state index contributed by atoms with van der Waals surface area (Å²) in [5.74, 6) is 1.61. The van der Waals surface area contributed by atoms with Gasteiger partial charge < -0.3 is 15.1 Å². The Kier molecular flexibility index (Phi) is 6.02. The number of anilines is 2. The highest BCUT2D eigenvalue weighted by atomic mass is 32.1. The first-order valence-corrected chi connectivity index (χ1v) is 12.2. The maximum Gasteiger partial charge on any atom is 0.322 e. The zero-order valence-corrected chi connectivity index (χ0v) is 18.6. The Labute approximate surface area is 187 Å². The number of benzene rings is 1. The van der Waals surface area contributed by atoms with Crippen LogP contribution in [0, 0.1) is 5.92 Å². The van der Waals surface area contributed by atoms with Crippen molar-refractivity contribution in [3.8, 4) is 0 Å². The number of hydrogen-bond donors (Lipinski definition) is 1. The summed E-state index contributed by atoms with van der Waals surface area (Å²) in [5.41, 5.74) is 1.90. The van der Waals surface area contributed by atoms with Crippen molar-refractivity contribution < 1.29 is 4.79 Å². The number of para-hydroxylation sites is 1. The molecule has 1 N–H and O–H groups in total. The van der Waals surface area contributed by atoms with Gasteiger partial charge in [-0.3, -0.25) is 0 Å². The highest BCUT2D eigenvalue weighted by Crippen LogP contribution is 2.34. The summed E-state index contributed by atoms with van der Waals surface area (Å²) in [5, 5.41) is 5.21. The summed E-state index contributed by atoms with van der Waals surface area (Å²) in [6, 6.07) is 12.2. The molecule has 3 aromatic rings. The van der Waals surface area contributed by atoms with E-state index in [1.165, 1.54) is 17.5 Å². The molecule has 2 fully saturated rings. The molecule has 0 saturated carbocycles. The average molecular weight is 436 g/mol. The van der Waals surface area contributed by atoms with Gasteiger partial charge in [0.25, 0.3) is 0 Å². The molecule has 4 heterocycles. The highest BCUT2D eigenvalue weighted by molar-refractivity contribution is 7.17. The zero-order chi connectivity index (χ0) is 21.0. The molecule has 2 amide bonds. The van der Waals surface area contributed by atoms with Gasteiger partial charge in [-0.1, -0.05) is 31.0 Å². The van der Waals surface area contributed by atoms with Gasteiger partial charge in [-0.05, 0) is 55.2 Å². The summed E-state index contributed by atoms with van der Waals surface area (Å²) in [6.07, 6.45) is 8.48. The van der Waals surface area contributed by atoms with Gasteiger partial charge in [-0.2, -0.15) is 0 Å². The number of urea groups is 1. The number of carbonyl (C=O) groups is 1. The average Bonchev–Trinajstić information content (AvgIpc) is 3.16. The molecule has 2 aliphatic rings. The Hall–Kier alpha value is -2.67. The monoisotopic (exact) mass is 435 g/mol. The van der Waals surface area contributed by atoms with Crippen LogP contribution in [0.4, 0.5) is 16.3 Å². The van der Waals surface area contributed by atoms with Crippen LogP contribution < -0.4 is 10.2 Å². The van der Waals surface area contributed by atoms with Crippen LogP contribution >= 0.6 is 11.3 Å². The largest absolute Gasteiger partial charge is 0.355 e. The molecule has 1 atom stereocenters. The van der Waals surface area contributed by atoms with E-state index in [-0.39, 0.29) is 6.03 Å². The lowest BCUT2D eigenvalue weighted by atomic mass is 9.86. The normalized spacial score (nSPS) is 20.6. The first-order valence-electron chi connectivity index (χ1n) is 11.4. The van der Waals surface area contributed by atoms with Crippen LogP contribution in [0.3, 0.4) is 0 Å². The lowest BCUT2D eigenvalue weighted by Crippen LogP contribution is -2.49. The van der Waals surface area contributed by atoms with Crippen LogP contribution in [0.25, 0.3) is 10.2 Å². The van der Waals surface area contributed by atoms with Gasteiger partial charge in [0.1, 0.15) is 12.1 Å².